The van der Waals surface area contributed by atoms with Crippen LogP contribution in [0.1, 0.15) is 11.1 Å². The Morgan fingerprint density at radius 2 is 1.81 bits per heavy atom. The van der Waals surface area contributed by atoms with E-state index in [9.17, 15) is 0 Å². The number of nitrogens with zero attached hydrogens (tertiary/aromatic N) is 2. The molecule has 0 N–H and O–H groups in total. The van der Waals surface area contributed by atoms with Gasteiger partial charge >= 0.3 is 0 Å². The third-order valence-electron chi connectivity index (χ3n) is 4.32. The minimum absolute atomic E-state index is 0.590. The van der Waals surface area contributed by atoms with Gasteiger partial charge in [0, 0.05) is 17.5 Å². The van der Waals surface area contributed by atoms with E-state index in [0.29, 0.717) is 17.5 Å². The smallest absolute Gasteiger partial charge is 0.227 e. The van der Waals surface area contributed by atoms with Gasteiger partial charge in [-0.05, 0) is 36.6 Å². The van der Waals surface area contributed by atoms with Crippen molar-refractivity contribution in [2.24, 2.45) is 0 Å². The fourth-order valence-electron chi connectivity index (χ4n) is 2.98. The monoisotopic (exact) mass is 366 g/mol. The maximum Gasteiger partial charge on any atom is 0.227 e. The summed E-state index contributed by atoms with van der Waals surface area (Å²) in [5, 5.41) is 0.925. The summed E-state index contributed by atoms with van der Waals surface area (Å²) in [6.07, 6.45) is 2.74. The maximum absolute atomic E-state index is 6.13. The standard InChI is InChI=1S/C20H18N2O3S/c1-23-14-9-7-12(8-10-14)18-21-19-15(20(22-18)26-3)11-13-5-4-6-16(24-2)17(13)25-19/h4-10H,11H2,1-3H3. The second kappa shape index (κ2) is 6.88. The minimum atomic E-state index is 0.590. The number of fused-ring (bicyclic) bond motifs is 2. The molecule has 26 heavy (non-hydrogen) atoms. The molecule has 5 nitrogen and oxygen atoms in total. The van der Waals surface area contributed by atoms with E-state index in [2.05, 4.69) is 4.98 Å². The number of hydrogen-bond donors (Lipinski definition) is 0. The quantitative estimate of drug-likeness (QED) is 0.389. The molecule has 6 heteroatoms. The topological polar surface area (TPSA) is 53.5 Å². The molecule has 2 aromatic carbocycles. The molecule has 132 valence electrons. The highest BCUT2D eigenvalue weighted by molar-refractivity contribution is 7.98. The molecular weight excluding hydrogens is 348 g/mol. The lowest BCUT2D eigenvalue weighted by atomic mass is 10.0. The summed E-state index contributed by atoms with van der Waals surface area (Å²) in [6, 6.07) is 13.6. The van der Waals surface area contributed by atoms with Crippen molar-refractivity contribution in [3.63, 3.8) is 0 Å². The first-order valence-electron chi connectivity index (χ1n) is 8.16. The van der Waals surface area contributed by atoms with Gasteiger partial charge in [-0.3, -0.25) is 0 Å². The molecule has 0 saturated carbocycles. The molecule has 0 radical (unpaired) electrons. The molecule has 0 atom stereocenters. The summed E-state index contributed by atoms with van der Waals surface area (Å²) in [5.74, 6) is 3.46. The predicted octanol–water partition coefficient (Wildman–Crippen LogP) is 4.58. The molecule has 1 aromatic heterocycles. The number of para-hydroxylation sites is 1. The zero-order chi connectivity index (χ0) is 18.1. The lowest BCUT2D eigenvalue weighted by molar-refractivity contribution is 0.364. The number of hydrogen-bond acceptors (Lipinski definition) is 6. The largest absolute Gasteiger partial charge is 0.497 e. The van der Waals surface area contributed by atoms with Crippen molar-refractivity contribution in [1.29, 1.82) is 0 Å². The summed E-state index contributed by atoms with van der Waals surface area (Å²) in [5.41, 5.74) is 3.00. The lowest BCUT2D eigenvalue weighted by Crippen LogP contribution is -2.09. The summed E-state index contributed by atoms with van der Waals surface area (Å²) in [6.45, 7) is 0. The highest BCUT2D eigenvalue weighted by Crippen LogP contribution is 2.44. The van der Waals surface area contributed by atoms with E-state index in [1.807, 2.05) is 48.7 Å². The molecule has 0 unspecified atom stereocenters. The van der Waals surface area contributed by atoms with Crippen molar-refractivity contribution in [2.45, 2.75) is 11.4 Å². The van der Waals surface area contributed by atoms with Gasteiger partial charge < -0.3 is 14.2 Å². The molecule has 2 heterocycles. The van der Waals surface area contributed by atoms with Gasteiger partial charge in [0.25, 0.3) is 0 Å². The van der Waals surface area contributed by atoms with Crippen LogP contribution >= 0.6 is 11.8 Å². The Morgan fingerprint density at radius 1 is 1.00 bits per heavy atom. The number of benzene rings is 2. The highest BCUT2D eigenvalue weighted by Gasteiger charge is 2.25. The van der Waals surface area contributed by atoms with Crippen molar-refractivity contribution in [1.82, 2.24) is 9.97 Å². The zero-order valence-electron chi connectivity index (χ0n) is 14.8. The second-order valence-corrected chi connectivity index (χ2v) is 6.59. The first-order valence-corrected chi connectivity index (χ1v) is 9.39. The SMILES string of the molecule is COc1ccc(-c2nc3c(c(SC)n2)Cc2cccc(OC)c2O3)cc1. The molecule has 4 rings (SSSR count). The van der Waals surface area contributed by atoms with E-state index in [-0.39, 0.29) is 0 Å². The van der Waals surface area contributed by atoms with E-state index in [0.717, 1.165) is 39.6 Å². The van der Waals surface area contributed by atoms with Crippen LogP contribution < -0.4 is 14.2 Å². The predicted molar refractivity (Wildman–Crippen MR) is 102 cm³/mol. The van der Waals surface area contributed by atoms with Crippen molar-refractivity contribution in [3.8, 4) is 34.5 Å². The van der Waals surface area contributed by atoms with Crippen LogP contribution in [0.2, 0.25) is 0 Å². The average Bonchev–Trinajstić information content (AvgIpc) is 2.71. The number of rotatable bonds is 4. The van der Waals surface area contributed by atoms with Crippen molar-refractivity contribution in [3.05, 3.63) is 53.6 Å². The third kappa shape index (κ3) is 2.86. The van der Waals surface area contributed by atoms with Crippen molar-refractivity contribution < 1.29 is 14.2 Å². The van der Waals surface area contributed by atoms with Gasteiger partial charge in [0.05, 0.1) is 19.8 Å². The molecule has 1 aliphatic rings. The molecule has 0 spiro atoms. The fourth-order valence-corrected chi connectivity index (χ4v) is 3.57. The first-order chi connectivity index (χ1) is 12.7. The Hall–Kier alpha value is -2.73. The normalized spacial score (nSPS) is 12.0. The number of thioether (sulfide) groups is 1. The van der Waals surface area contributed by atoms with E-state index in [1.165, 1.54) is 0 Å². The third-order valence-corrected chi connectivity index (χ3v) is 5.04. The maximum atomic E-state index is 6.13. The van der Waals surface area contributed by atoms with Crippen molar-refractivity contribution in [2.75, 3.05) is 20.5 Å². The molecule has 3 aromatic rings. The molecule has 0 aliphatic carbocycles. The van der Waals surface area contributed by atoms with Crippen LogP contribution in [0.15, 0.2) is 47.5 Å². The molecule has 0 saturated heterocycles. The number of ether oxygens (including phenoxy) is 3. The van der Waals surface area contributed by atoms with Crippen LogP contribution in [-0.4, -0.2) is 30.4 Å². The van der Waals surface area contributed by atoms with Crippen LogP contribution in [-0.2, 0) is 6.42 Å². The van der Waals surface area contributed by atoms with Crippen molar-refractivity contribution >= 4 is 11.8 Å². The molecule has 0 amide bonds. The van der Waals surface area contributed by atoms with Gasteiger partial charge in [-0.25, -0.2) is 4.98 Å². The zero-order valence-corrected chi connectivity index (χ0v) is 15.6. The molecule has 0 bridgehead atoms. The number of methoxy groups -OCH3 is 2. The lowest BCUT2D eigenvalue weighted by Gasteiger charge is -2.22. The summed E-state index contributed by atoms with van der Waals surface area (Å²) in [7, 11) is 3.29. The molecular formula is C20H18N2O3S. The Balaban J connectivity index is 1.80. The fraction of sp³-hybridized carbons (Fsp3) is 0.200. The van der Waals surface area contributed by atoms with Gasteiger partial charge in [-0.2, -0.15) is 4.98 Å². The van der Waals surface area contributed by atoms with E-state index < -0.39 is 0 Å². The highest BCUT2D eigenvalue weighted by atomic mass is 32.2. The Morgan fingerprint density at radius 3 is 2.50 bits per heavy atom. The molecule has 1 aliphatic heterocycles. The van der Waals surface area contributed by atoms with Gasteiger partial charge in [-0.1, -0.05) is 12.1 Å². The molecule has 0 fully saturated rings. The van der Waals surface area contributed by atoms with Crippen LogP contribution in [0.4, 0.5) is 0 Å². The van der Waals surface area contributed by atoms with Gasteiger partial charge in [0.1, 0.15) is 10.8 Å². The number of aromatic nitrogens is 2. The van der Waals surface area contributed by atoms with Crippen LogP contribution in [0, 0.1) is 0 Å². The second-order valence-electron chi connectivity index (χ2n) is 5.80. The minimum Gasteiger partial charge on any atom is -0.497 e. The van der Waals surface area contributed by atoms with Gasteiger partial charge in [-0.15, -0.1) is 11.8 Å². The average molecular weight is 366 g/mol. The summed E-state index contributed by atoms with van der Waals surface area (Å²) >= 11 is 1.60. The first kappa shape index (κ1) is 16.7. The van der Waals surface area contributed by atoms with E-state index >= 15 is 0 Å². The Bertz CT molecular complexity index is 958. The van der Waals surface area contributed by atoms with E-state index in [1.54, 1.807) is 26.0 Å². The van der Waals surface area contributed by atoms with Crippen LogP contribution in [0.5, 0.6) is 23.1 Å². The Labute approximate surface area is 156 Å². The van der Waals surface area contributed by atoms with Crippen LogP contribution in [0.3, 0.4) is 0 Å². The van der Waals surface area contributed by atoms with E-state index in [4.69, 9.17) is 19.2 Å². The van der Waals surface area contributed by atoms with Gasteiger partial charge in [0.15, 0.2) is 17.3 Å². The van der Waals surface area contributed by atoms with Gasteiger partial charge in [0.2, 0.25) is 5.88 Å². The van der Waals surface area contributed by atoms with Crippen LogP contribution in [0.25, 0.3) is 11.4 Å². The summed E-state index contributed by atoms with van der Waals surface area (Å²) < 4.78 is 16.8. The summed E-state index contributed by atoms with van der Waals surface area (Å²) in [4.78, 5) is 9.42. The Kier molecular flexibility index (Phi) is 4.42.